The summed E-state index contributed by atoms with van der Waals surface area (Å²) in [5.74, 6) is 1.75. The fraction of sp³-hybridized carbons (Fsp3) is 0.522. The molecule has 0 radical (unpaired) electrons. The van der Waals surface area contributed by atoms with Crippen LogP contribution in [-0.2, 0) is 11.0 Å². The topological polar surface area (TPSA) is 118 Å². The molecular weight excluding hydrogens is 464 g/mol. The molecule has 4 aliphatic rings. The van der Waals surface area contributed by atoms with Crippen LogP contribution in [0.1, 0.15) is 44.4 Å². The number of nitro groups is 1. The van der Waals surface area contributed by atoms with Gasteiger partial charge in [0.05, 0.1) is 23.0 Å². The SMILES string of the molecule is COc1cc(-c2nnc(C34CC5CC(C3)CC(n3cc([N+](=O)[O-])cn3)(C5)C4)o2)ccc1OC(F)F. The number of ether oxygens (including phenoxy) is 2. The Kier molecular flexibility index (Phi) is 4.84. The van der Waals surface area contributed by atoms with E-state index < -0.39 is 11.5 Å². The molecule has 3 aromatic rings. The lowest BCUT2D eigenvalue weighted by molar-refractivity contribution is -0.385. The molecule has 0 amide bonds. The number of aromatic nitrogens is 4. The van der Waals surface area contributed by atoms with Crippen LogP contribution in [0.5, 0.6) is 11.5 Å². The van der Waals surface area contributed by atoms with Gasteiger partial charge in [0.2, 0.25) is 11.8 Å². The normalized spacial score (nSPS) is 29.0. The van der Waals surface area contributed by atoms with Gasteiger partial charge in [-0.05, 0) is 68.6 Å². The number of methoxy groups -OCH3 is 1. The van der Waals surface area contributed by atoms with E-state index in [2.05, 4.69) is 20.0 Å². The van der Waals surface area contributed by atoms with E-state index in [4.69, 9.17) is 9.15 Å². The zero-order valence-corrected chi connectivity index (χ0v) is 18.9. The molecule has 2 atom stereocenters. The fourth-order valence-corrected chi connectivity index (χ4v) is 6.95. The van der Waals surface area contributed by atoms with Gasteiger partial charge < -0.3 is 13.9 Å². The van der Waals surface area contributed by atoms with E-state index in [0.717, 1.165) is 38.5 Å². The lowest BCUT2D eigenvalue weighted by Crippen LogP contribution is -2.58. The Bertz CT molecular complexity index is 1280. The van der Waals surface area contributed by atoms with Crippen LogP contribution in [-0.4, -0.2) is 38.6 Å². The van der Waals surface area contributed by atoms with E-state index >= 15 is 0 Å². The number of benzene rings is 1. The van der Waals surface area contributed by atoms with E-state index in [1.54, 1.807) is 10.7 Å². The lowest BCUT2D eigenvalue weighted by atomic mass is 9.47. The van der Waals surface area contributed by atoms with Crippen molar-refractivity contribution in [2.45, 2.75) is 56.1 Å². The maximum atomic E-state index is 12.7. The molecule has 35 heavy (non-hydrogen) atoms. The minimum atomic E-state index is -2.97. The molecule has 7 rings (SSSR count). The summed E-state index contributed by atoms with van der Waals surface area (Å²) < 4.78 is 43.0. The maximum absolute atomic E-state index is 12.7. The molecule has 4 saturated carbocycles. The van der Waals surface area contributed by atoms with E-state index in [1.807, 2.05) is 0 Å². The van der Waals surface area contributed by atoms with E-state index in [-0.39, 0.29) is 34.0 Å². The first-order chi connectivity index (χ1) is 16.8. The van der Waals surface area contributed by atoms with Crippen LogP contribution < -0.4 is 9.47 Å². The summed E-state index contributed by atoms with van der Waals surface area (Å²) in [6.07, 6.45) is 8.37. The summed E-state index contributed by atoms with van der Waals surface area (Å²) in [6.45, 7) is -2.97. The Balaban J connectivity index is 1.33. The highest BCUT2D eigenvalue weighted by Gasteiger charge is 2.61. The fourth-order valence-electron chi connectivity index (χ4n) is 6.95. The highest BCUT2D eigenvalue weighted by Crippen LogP contribution is 2.64. The summed E-state index contributed by atoms with van der Waals surface area (Å²) in [5, 5.41) is 24.3. The van der Waals surface area contributed by atoms with Crippen molar-refractivity contribution < 1.29 is 27.6 Å². The third-order valence-corrected chi connectivity index (χ3v) is 7.80. The van der Waals surface area contributed by atoms with Crippen LogP contribution in [0.3, 0.4) is 0 Å². The van der Waals surface area contributed by atoms with Crippen LogP contribution in [0, 0.1) is 22.0 Å². The third-order valence-electron chi connectivity index (χ3n) is 7.80. The lowest BCUT2D eigenvalue weighted by Gasteiger charge is -2.60. The first-order valence-corrected chi connectivity index (χ1v) is 11.5. The molecule has 2 aromatic heterocycles. The second-order valence-electron chi connectivity index (χ2n) is 10.0. The average Bonchev–Trinajstić information content (AvgIpc) is 3.49. The van der Waals surface area contributed by atoms with Gasteiger partial charge in [-0.15, -0.1) is 10.2 Å². The number of hydrogen-bond donors (Lipinski definition) is 0. The van der Waals surface area contributed by atoms with Crippen molar-refractivity contribution in [3.8, 4) is 23.0 Å². The Morgan fingerprint density at radius 1 is 1.20 bits per heavy atom. The minimum Gasteiger partial charge on any atom is -0.493 e. The minimum absolute atomic E-state index is 0.0110. The molecule has 0 saturated heterocycles. The molecule has 2 heterocycles. The van der Waals surface area contributed by atoms with Gasteiger partial charge in [0.15, 0.2) is 11.5 Å². The Hall–Kier alpha value is -3.57. The molecule has 0 aliphatic heterocycles. The molecule has 4 aliphatic carbocycles. The van der Waals surface area contributed by atoms with Crippen LogP contribution in [0.15, 0.2) is 35.0 Å². The van der Waals surface area contributed by atoms with Crippen molar-refractivity contribution in [3.63, 3.8) is 0 Å². The van der Waals surface area contributed by atoms with Crippen LogP contribution in [0.2, 0.25) is 0 Å². The van der Waals surface area contributed by atoms with Gasteiger partial charge in [0.1, 0.15) is 12.4 Å². The Labute approximate surface area is 198 Å². The van der Waals surface area contributed by atoms with Crippen molar-refractivity contribution in [1.29, 1.82) is 0 Å². The largest absolute Gasteiger partial charge is 0.493 e. The van der Waals surface area contributed by atoms with Gasteiger partial charge in [-0.1, -0.05) is 0 Å². The van der Waals surface area contributed by atoms with Gasteiger partial charge in [-0.25, -0.2) is 0 Å². The number of nitrogens with zero attached hydrogens (tertiary/aromatic N) is 5. The van der Waals surface area contributed by atoms with Crippen molar-refractivity contribution in [3.05, 3.63) is 46.6 Å². The molecule has 2 unspecified atom stereocenters. The van der Waals surface area contributed by atoms with E-state index in [1.165, 1.54) is 31.6 Å². The maximum Gasteiger partial charge on any atom is 0.387 e. The Morgan fingerprint density at radius 2 is 1.97 bits per heavy atom. The second-order valence-corrected chi connectivity index (χ2v) is 10.0. The molecule has 4 fully saturated rings. The molecule has 12 heteroatoms. The van der Waals surface area contributed by atoms with Gasteiger partial charge in [-0.2, -0.15) is 13.9 Å². The molecule has 184 valence electrons. The van der Waals surface area contributed by atoms with Crippen molar-refractivity contribution in [2.24, 2.45) is 11.8 Å². The zero-order valence-electron chi connectivity index (χ0n) is 18.9. The third kappa shape index (κ3) is 3.53. The van der Waals surface area contributed by atoms with E-state index in [0.29, 0.717) is 23.3 Å². The average molecular weight is 487 g/mol. The van der Waals surface area contributed by atoms with E-state index in [9.17, 15) is 18.9 Å². The highest BCUT2D eigenvalue weighted by atomic mass is 19.3. The molecule has 10 nitrogen and oxygen atoms in total. The van der Waals surface area contributed by atoms with Crippen LogP contribution >= 0.6 is 0 Å². The Morgan fingerprint density at radius 3 is 2.63 bits per heavy atom. The zero-order chi connectivity index (χ0) is 24.4. The van der Waals surface area contributed by atoms with Crippen LogP contribution in [0.25, 0.3) is 11.5 Å². The van der Waals surface area contributed by atoms with Crippen molar-refractivity contribution in [1.82, 2.24) is 20.0 Å². The predicted octanol–water partition coefficient (Wildman–Crippen LogP) is 4.70. The molecule has 0 spiro atoms. The summed E-state index contributed by atoms with van der Waals surface area (Å²) in [5.41, 5.74) is -0.129. The number of alkyl halides is 2. The van der Waals surface area contributed by atoms with Gasteiger partial charge in [0, 0.05) is 5.56 Å². The van der Waals surface area contributed by atoms with Gasteiger partial charge >= 0.3 is 12.3 Å². The first-order valence-electron chi connectivity index (χ1n) is 11.5. The van der Waals surface area contributed by atoms with Crippen molar-refractivity contribution in [2.75, 3.05) is 7.11 Å². The number of halogens is 2. The standard InChI is InChI=1S/C23H23F2N5O5/c1-33-18-5-15(2-3-17(18)34-21(24)25)19-27-28-20(35-19)22-6-13-4-14(7-22)9-23(8-13,12-22)29-11-16(10-26-29)30(31)32/h2-3,5,10-11,13-14,21H,4,6-9,12H2,1H3. The monoisotopic (exact) mass is 487 g/mol. The second kappa shape index (κ2) is 7.72. The summed E-state index contributed by atoms with van der Waals surface area (Å²) >= 11 is 0. The quantitative estimate of drug-likeness (QED) is 0.348. The molecule has 4 bridgehead atoms. The summed E-state index contributed by atoms with van der Waals surface area (Å²) in [6, 6.07) is 4.48. The van der Waals surface area contributed by atoms with Gasteiger partial charge in [-0.3, -0.25) is 14.8 Å². The number of rotatable bonds is 7. The number of hydrogen-bond acceptors (Lipinski definition) is 8. The highest BCUT2D eigenvalue weighted by molar-refractivity contribution is 5.59. The summed E-state index contributed by atoms with van der Waals surface area (Å²) in [7, 11) is 1.37. The molecular formula is C23H23F2N5O5. The summed E-state index contributed by atoms with van der Waals surface area (Å²) in [4.78, 5) is 10.8. The molecule has 1 aromatic carbocycles. The molecule has 0 N–H and O–H groups in total. The van der Waals surface area contributed by atoms with Crippen molar-refractivity contribution >= 4 is 5.69 Å². The van der Waals surface area contributed by atoms with Crippen LogP contribution in [0.4, 0.5) is 14.5 Å². The first kappa shape index (κ1) is 21.9. The smallest absolute Gasteiger partial charge is 0.387 e. The predicted molar refractivity (Wildman–Crippen MR) is 116 cm³/mol. The van der Waals surface area contributed by atoms with Gasteiger partial charge in [0.25, 0.3) is 0 Å².